The molecule has 1 aromatic heterocycles. The Kier molecular flexibility index (Phi) is 5.78. The maximum atomic E-state index is 11.7. The summed E-state index contributed by atoms with van der Waals surface area (Å²) in [7, 11) is 1.55. The molecule has 0 aliphatic rings. The maximum Gasteiger partial charge on any atom is 0.348 e. The third-order valence-corrected chi connectivity index (χ3v) is 3.36. The number of hydrogen-bond donors (Lipinski definition) is 2. The van der Waals surface area contributed by atoms with Crippen LogP contribution in [0, 0.1) is 6.92 Å². The SMILES string of the molecule is COCC(C)NC(=O)COC(=O)c1cc(N)c(C)s1. The Labute approximate surface area is 115 Å². The summed E-state index contributed by atoms with van der Waals surface area (Å²) in [6.45, 7) is 3.70. The number of rotatable bonds is 6. The third kappa shape index (κ3) is 4.88. The van der Waals surface area contributed by atoms with Crippen molar-refractivity contribution in [3.63, 3.8) is 0 Å². The summed E-state index contributed by atoms with van der Waals surface area (Å²) in [6.07, 6.45) is 0. The van der Waals surface area contributed by atoms with Crippen LogP contribution in [0.25, 0.3) is 0 Å². The van der Waals surface area contributed by atoms with Gasteiger partial charge in [0.2, 0.25) is 0 Å². The van der Waals surface area contributed by atoms with Crippen molar-refractivity contribution >= 4 is 28.9 Å². The predicted octanol–water partition coefficient (Wildman–Crippen LogP) is 0.947. The number of carbonyl (C=O) groups excluding carboxylic acids is 2. The summed E-state index contributed by atoms with van der Waals surface area (Å²) in [4.78, 5) is 24.4. The average Bonchev–Trinajstić information content (AvgIpc) is 2.67. The van der Waals surface area contributed by atoms with Gasteiger partial charge < -0.3 is 20.5 Å². The molecular weight excluding hydrogens is 268 g/mol. The number of thiophene rings is 1. The number of amides is 1. The van der Waals surface area contributed by atoms with Gasteiger partial charge in [0, 0.05) is 23.7 Å². The summed E-state index contributed by atoms with van der Waals surface area (Å²) >= 11 is 1.24. The van der Waals surface area contributed by atoms with Crippen LogP contribution in [0.2, 0.25) is 0 Å². The monoisotopic (exact) mass is 286 g/mol. The predicted molar refractivity (Wildman–Crippen MR) is 73.2 cm³/mol. The molecule has 1 unspecified atom stereocenters. The van der Waals surface area contributed by atoms with Crippen LogP contribution in [0.4, 0.5) is 5.69 Å². The highest BCUT2D eigenvalue weighted by molar-refractivity contribution is 7.14. The van der Waals surface area contributed by atoms with Crippen molar-refractivity contribution in [2.24, 2.45) is 0 Å². The van der Waals surface area contributed by atoms with Crippen molar-refractivity contribution in [3.8, 4) is 0 Å². The quantitative estimate of drug-likeness (QED) is 0.760. The van der Waals surface area contributed by atoms with Gasteiger partial charge in [-0.25, -0.2) is 4.79 Å². The summed E-state index contributed by atoms with van der Waals surface area (Å²) in [6, 6.07) is 1.42. The fraction of sp³-hybridized carbons (Fsp3) is 0.500. The second kappa shape index (κ2) is 7.10. The lowest BCUT2D eigenvalue weighted by Crippen LogP contribution is -2.38. The highest BCUT2D eigenvalue weighted by atomic mass is 32.1. The summed E-state index contributed by atoms with van der Waals surface area (Å²) in [5, 5.41) is 2.64. The molecular formula is C12H18N2O4S. The third-order valence-electron chi connectivity index (χ3n) is 2.32. The van der Waals surface area contributed by atoms with E-state index in [9.17, 15) is 9.59 Å². The number of ether oxygens (including phenoxy) is 2. The first kappa shape index (κ1) is 15.5. The van der Waals surface area contributed by atoms with Crippen LogP contribution in [0.3, 0.4) is 0 Å². The van der Waals surface area contributed by atoms with E-state index in [1.807, 2.05) is 6.92 Å². The van der Waals surface area contributed by atoms with Crippen molar-refractivity contribution in [3.05, 3.63) is 15.8 Å². The number of methoxy groups -OCH3 is 1. The second-order valence-corrected chi connectivity index (χ2v) is 5.38. The molecule has 1 rings (SSSR count). The lowest BCUT2D eigenvalue weighted by Gasteiger charge is -2.12. The van der Waals surface area contributed by atoms with E-state index in [2.05, 4.69) is 5.32 Å². The Hall–Kier alpha value is -1.60. The fourth-order valence-corrected chi connectivity index (χ4v) is 2.24. The number of aryl methyl sites for hydroxylation is 1. The smallest absolute Gasteiger partial charge is 0.348 e. The first-order chi connectivity index (χ1) is 8.93. The van der Waals surface area contributed by atoms with Crippen molar-refractivity contribution in [1.29, 1.82) is 0 Å². The van der Waals surface area contributed by atoms with E-state index in [1.165, 1.54) is 11.3 Å². The van der Waals surface area contributed by atoms with Gasteiger partial charge >= 0.3 is 5.97 Å². The van der Waals surface area contributed by atoms with Crippen molar-refractivity contribution < 1.29 is 19.1 Å². The zero-order chi connectivity index (χ0) is 14.4. The molecule has 0 radical (unpaired) electrons. The number of hydrogen-bond acceptors (Lipinski definition) is 6. The standard InChI is InChI=1S/C12H18N2O4S/c1-7(5-17-3)14-11(15)6-18-12(16)10-4-9(13)8(2)19-10/h4,7H,5-6,13H2,1-3H3,(H,14,15). The van der Waals surface area contributed by atoms with Crippen molar-refractivity contribution in [1.82, 2.24) is 5.32 Å². The molecule has 1 atom stereocenters. The molecule has 1 aromatic rings. The molecule has 0 saturated heterocycles. The normalized spacial score (nSPS) is 11.9. The Balaban J connectivity index is 2.40. The molecule has 106 valence electrons. The van der Waals surface area contributed by atoms with Crippen molar-refractivity contribution in [2.45, 2.75) is 19.9 Å². The van der Waals surface area contributed by atoms with E-state index in [-0.39, 0.29) is 18.6 Å². The van der Waals surface area contributed by atoms with Gasteiger partial charge in [-0.2, -0.15) is 0 Å². The van der Waals surface area contributed by atoms with E-state index in [4.69, 9.17) is 15.2 Å². The van der Waals surface area contributed by atoms with E-state index >= 15 is 0 Å². The zero-order valence-electron chi connectivity index (χ0n) is 11.2. The minimum Gasteiger partial charge on any atom is -0.451 e. The number of carbonyl (C=O) groups is 2. The van der Waals surface area contributed by atoms with E-state index < -0.39 is 5.97 Å². The van der Waals surface area contributed by atoms with Crippen molar-refractivity contribution in [2.75, 3.05) is 26.1 Å². The molecule has 0 bridgehead atoms. The summed E-state index contributed by atoms with van der Waals surface area (Å²) in [5.74, 6) is -0.904. The van der Waals surface area contributed by atoms with Gasteiger partial charge in [-0.05, 0) is 19.9 Å². The van der Waals surface area contributed by atoms with Gasteiger partial charge in [-0.1, -0.05) is 0 Å². The van der Waals surface area contributed by atoms with Crippen LogP contribution in [-0.2, 0) is 14.3 Å². The Morgan fingerprint density at radius 2 is 2.21 bits per heavy atom. The number of anilines is 1. The van der Waals surface area contributed by atoms with Crippen LogP contribution >= 0.6 is 11.3 Å². The number of nitrogen functional groups attached to an aromatic ring is 1. The molecule has 0 spiro atoms. The molecule has 6 nitrogen and oxygen atoms in total. The molecule has 3 N–H and O–H groups in total. The number of esters is 1. The van der Waals surface area contributed by atoms with E-state index in [0.717, 1.165) is 4.88 Å². The van der Waals surface area contributed by atoms with E-state index in [1.54, 1.807) is 20.1 Å². The molecule has 0 aliphatic carbocycles. The summed E-state index contributed by atoms with van der Waals surface area (Å²) in [5.41, 5.74) is 6.19. The zero-order valence-corrected chi connectivity index (χ0v) is 12.0. The van der Waals surface area contributed by atoms with Crippen LogP contribution in [-0.4, -0.2) is 38.2 Å². The van der Waals surface area contributed by atoms with Gasteiger partial charge in [0.1, 0.15) is 4.88 Å². The lowest BCUT2D eigenvalue weighted by molar-refractivity contribution is -0.125. The summed E-state index contributed by atoms with van der Waals surface area (Å²) < 4.78 is 9.78. The fourth-order valence-electron chi connectivity index (χ4n) is 1.41. The number of nitrogens with two attached hydrogens (primary N) is 1. The van der Waals surface area contributed by atoms with Gasteiger partial charge in [0.15, 0.2) is 6.61 Å². The Morgan fingerprint density at radius 3 is 2.74 bits per heavy atom. The first-order valence-electron chi connectivity index (χ1n) is 5.75. The van der Waals surface area contributed by atoms with Crippen LogP contribution in [0.15, 0.2) is 6.07 Å². The van der Waals surface area contributed by atoms with E-state index in [0.29, 0.717) is 17.2 Å². The lowest BCUT2D eigenvalue weighted by atomic mass is 10.3. The van der Waals surface area contributed by atoms with Gasteiger partial charge in [-0.3, -0.25) is 4.79 Å². The molecule has 0 aliphatic heterocycles. The molecule has 0 aromatic carbocycles. The van der Waals surface area contributed by atoms with Gasteiger partial charge in [0.25, 0.3) is 5.91 Å². The van der Waals surface area contributed by atoms with Gasteiger partial charge in [0.05, 0.1) is 6.61 Å². The maximum absolute atomic E-state index is 11.7. The topological polar surface area (TPSA) is 90.6 Å². The highest BCUT2D eigenvalue weighted by Crippen LogP contribution is 2.23. The number of nitrogens with one attached hydrogen (secondary N) is 1. The molecule has 1 amide bonds. The molecule has 19 heavy (non-hydrogen) atoms. The molecule has 0 fully saturated rings. The van der Waals surface area contributed by atoms with Crippen LogP contribution in [0.5, 0.6) is 0 Å². The molecule has 7 heteroatoms. The second-order valence-electron chi connectivity index (χ2n) is 4.12. The minimum absolute atomic E-state index is 0.129. The molecule has 1 heterocycles. The van der Waals surface area contributed by atoms with Crippen LogP contribution in [0.1, 0.15) is 21.5 Å². The van der Waals surface area contributed by atoms with Crippen LogP contribution < -0.4 is 11.1 Å². The average molecular weight is 286 g/mol. The molecule has 0 saturated carbocycles. The Bertz CT molecular complexity index is 439. The first-order valence-corrected chi connectivity index (χ1v) is 6.57. The highest BCUT2D eigenvalue weighted by Gasteiger charge is 2.15. The largest absolute Gasteiger partial charge is 0.451 e. The minimum atomic E-state index is -0.542. The Morgan fingerprint density at radius 1 is 1.53 bits per heavy atom. The van der Waals surface area contributed by atoms with Gasteiger partial charge in [-0.15, -0.1) is 11.3 Å².